The second-order valence-corrected chi connectivity index (χ2v) is 5.99. The molecule has 0 aromatic heterocycles. The highest BCUT2D eigenvalue weighted by Gasteiger charge is 2.14. The van der Waals surface area contributed by atoms with Gasteiger partial charge in [-0.1, -0.05) is 6.92 Å². The lowest BCUT2D eigenvalue weighted by molar-refractivity contribution is -0.116. The highest BCUT2D eigenvalue weighted by atomic mass is 32.2. The number of anilines is 1. The third-order valence-electron chi connectivity index (χ3n) is 3.27. The third kappa shape index (κ3) is 4.53. The highest BCUT2D eigenvalue weighted by Crippen LogP contribution is 2.17. The Labute approximate surface area is 134 Å². The van der Waals surface area contributed by atoms with E-state index in [1.165, 1.54) is 0 Å². The van der Waals surface area contributed by atoms with Crippen LogP contribution in [0.4, 0.5) is 5.69 Å². The fourth-order valence-corrected chi connectivity index (χ4v) is 2.42. The van der Waals surface area contributed by atoms with Gasteiger partial charge in [-0.05, 0) is 37.6 Å². The molecule has 1 aromatic carbocycles. The van der Waals surface area contributed by atoms with Gasteiger partial charge in [-0.3, -0.25) is 9.59 Å². The smallest absolute Gasteiger partial charge is 0.291 e. The van der Waals surface area contributed by atoms with Gasteiger partial charge in [0, 0.05) is 28.5 Å². The van der Waals surface area contributed by atoms with E-state index in [0.717, 1.165) is 12.2 Å². The van der Waals surface area contributed by atoms with Crippen molar-refractivity contribution >= 4 is 29.3 Å². The lowest BCUT2D eigenvalue weighted by Crippen LogP contribution is -2.31. The first-order valence-electron chi connectivity index (χ1n) is 7.27. The summed E-state index contributed by atoms with van der Waals surface area (Å²) >= 11 is 1.56. The molecule has 0 saturated heterocycles. The minimum Gasteiger partial charge on any atom is -0.487 e. The van der Waals surface area contributed by atoms with E-state index < -0.39 is 0 Å². The van der Waals surface area contributed by atoms with Crippen LogP contribution in [-0.2, 0) is 9.53 Å². The van der Waals surface area contributed by atoms with E-state index in [1.807, 2.05) is 13.8 Å². The largest absolute Gasteiger partial charge is 0.487 e. The zero-order valence-corrected chi connectivity index (χ0v) is 13.5. The summed E-state index contributed by atoms with van der Waals surface area (Å²) in [6.07, 6.45) is 0.882. The standard InChI is InChI=1S/C16H20N2O3S/c1-3-11(2)17-15(19)12-4-6-13(7-5-12)18-16(20)14-10-22-9-8-21-14/h4-7,10-11H,3,8-9H2,1-2H3,(H,17,19)(H,18,20)/t11-/m0/s1. The van der Waals surface area contributed by atoms with Gasteiger partial charge in [-0.15, -0.1) is 11.8 Å². The SMILES string of the molecule is CC[C@H](C)NC(=O)c1ccc(NC(=O)C2=CSCCO2)cc1. The second kappa shape index (κ2) is 7.89. The second-order valence-electron chi connectivity index (χ2n) is 5.02. The fourth-order valence-electron chi connectivity index (χ4n) is 1.79. The number of benzene rings is 1. The number of amides is 2. The molecule has 2 amide bonds. The highest BCUT2D eigenvalue weighted by molar-refractivity contribution is 8.02. The summed E-state index contributed by atoms with van der Waals surface area (Å²) in [6.45, 7) is 4.52. The summed E-state index contributed by atoms with van der Waals surface area (Å²) in [4.78, 5) is 23.9. The Hall–Kier alpha value is -1.95. The van der Waals surface area contributed by atoms with Crippen LogP contribution in [-0.4, -0.2) is 30.2 Å². The number of carbonyl (C=O) groups is 2. The van der Waals surface area contributed by atoms with Crippen LogP contribution in [0.1, 0.15) is 30.6 Å². The van der Waals surface area contributed by atoms with Crippen molar-refractivity contribution in [1.82, 2.24) is 5.32 Å². The van der Waals surface area contributed by atoms with Crippen LogP contribution in [0.2, 0.25) is 0 Å². The Morgan fingerprint density at radius 1 is 1.27 bits per heavy atom. The number of thioether (sulfide) groups is 1. The quantitative estimate of drug-likeness (QED) is 0.875. The average Bonchev–Trinajstić information content (AvgIpc) is 2.56. The van der Waals surface area contributed by atoms with E-state index in [2.05, 4.69) is 10.6 Å². The van der Waals surface area contributed by atoms with Crippen molar-refractivity contribution in [3.8, 4) is 0 Å². The molecule has 0 radical (unpaired) electrons. The number of hydrogen-bond donors (Lipinski definition) is 2. The van der Waals surface area contributed by atoms with E-state index in [9.17, 15) is 9.59 Å². The van der Waals surface area contributed by atoms with E-state index in [1.54, 1.807) is 41.4 Å². The molecule has 2 N–H and O–H groups in total. The monoisotopic (exact) mass is 320 g/mol. The molecular formula is C16H20N2O3S. The Kier molecular flexibility index (Phi) is 5.89. The molecular weight excluding hydrogens is 300 g/mol. The van der Waals surface area contributed by atoms with E-state index in [-0.39, 0.29) is 17.9 Å². The molecule has 1 aromatic rings. The molecule has 0 fully saturated rings. The van der Waals surface area contributed by atoms with Gasteiger partial charge in [0.15, 0.2) is 5.76 Å². The molecule has 1 atom stereocenters. The third-order valence-corrected chi connectivity index (χ3v) is 4.05. The summed E-state index contributed by atoms with van der Waals surface area (Å²) in [7, 11) is 0. The first-order valence-corrected chi connectivity index (χ1v) is 8.32. The Morgan fingerprint density at radius 3 is 2.59 bits per heavy atom. The van der Waals surface area contributed by atoms with E-state index >= 15 is 0 Å². The van der Waals surface area contributed by atoms with Crippen LogP contribution in [0.15, 0.2) is 35.4 Å². The zero-order valence-electron chi connectivity index (χ0n) is 12.7. The molecule has 1 aliphatic heterocycles. The molecule has 22 heavy (non-hydrogen) atoms. The van der Waals surface area contributed by atoms with Gasteiger partial charge in [-0.2, -0.15) is 0 Å². The molecule has 0 spiro atoms. The van der Waals surface area contributed by atoms with Gasteiger partial charge in [0.1, 0.15) is 0 Å². The van der Waals surface area contributed by atoms with Crippen molar-refractivity contribution in [2.75, 3.05) is 17.7 Å². The number of rotatable bonds is 5. The molecule has 6 heteroatoms. The van der Waals surface area contributed by atoms with E-state index in [0.29, 0.717) is 23.6 Å². The van der Waals surface area contributed by atoms with Crippen molar-refractivity contribution in [2.24, 2.45) is 0 Å². The topological polar surface area (TPSA) is 67.4 Å². The minimum absolute atomic E-state index is 0.109. The van der Waals surface area contributed by atoms with Crippen molar-refractivity contribution in [2.45, 2.75) is 26.3 Å². The van der Waals surface area contributed by atoms with E-state index in [4.69, 9.17) is 4.74 Å². The molecule has 5 nitrogen and oxygen atoms in total. The molecule has 1 heterocycles. The van der Waals surface area contributed by atoms with Gasteiger partial charge in [0.25, 0.3) is 11.8 Å². The first-order chi connectivity index (χ1) is 10.6. The van der Waals surface area contributed by atoms with Crippen LogP contribution in [0.25, 0.3) is 0 Å². The molecule has 0 saturated carbocycles. The lowest BCUT2D eigenvalue weighted by atomic mass is 10.1. The molecule has 0 bridgehead atoms. The molecule has 2 rings (SSSR count). The van der Waals surface area contributed by atoms with Crippen LogP contribution in [0.3, 0.4) is 0 Å². The number of hydrogen-bond acceptors (Lipinski definition) is 4. The summed E-state index contributed by atoms with van der Waals surface area (Å²) in [5.41, 5.74) is 1.20. The summed E-state index contributed by atoms with van der Waals surface area (Å²) in [5.74, 6) is 0.803. The van der Waals surface area contributed by atoms with Gasteiger partial charge < -0.3 is 15.4 Å². The number of carbonyl (C=O) groups excluding carboxylic acids is 2. The number of ether oxygens (including phenoxy) is 1. The minimum atomic E-state index is -0.274. The first kappa shape index (κ1) is 16.4. The van der Waals surface area contributed by atoms with Crippen molar-refractivity contribution < 1.29 is 14.3 Å². The van der Waals surface area contributed by atoms with Gasteiger partial charge in [-0.25, -0.2) is 0 Å². The summed E-state index contributed by atoms with van der Waals surface area (Å²) in [5, 5.41) is 7.37. The van der Waals surface area contributed by atoms with Gasteiger partial charge in [0.05, 0.1) is 6.61 Å². The Balaban J connectivity index is 1.95. The number of nitrogens with one attached hydrogen (secondary N) is 2. The zero-order chi connectivity index (χ0) is 15.9. The molecule has 0 aliphatic carbocycles. The maximum absolute atomic E-state index is 12.0. The fraction of sp³-hybridized carbons (Fsp3) is 0.375. The predicted molar refractivity (Wildman–Crippen MR) is 88.8 cm³/mol. The Bertz CT molecular complexity index is 569. The summed E-state index contributed by atoms with van der Waals surface area (Å²) < 4.78 is 5.29. The maximum Gasteiger partial charge on any atom is 0.291 e. The van der Waals surface area contributed by atoms with Crippen molar-refractivity contribution in [1.29, 1.82) is 0 Å². The van der Waals surface area contributed by atoms with Crippen molar-refractivity contribution in [3.63, 3.8) is 0 Å². The average molecular weight is 320 g/mol. The molecule has 0 unspecified atom stereocenters. The van der Waals surface area contributed by atoms with Crippen molar-refractivity contribution in [3.05, 3.63) is 41.0 Å². The van der Waals surface area contributed by atoms with Crippen LogP contribution in [0.5, 0.6) is 0 Å². The Morgan fingerprint density at radius 2 is 2.00 bits per heavy atom. The van der Waals surface area contributed by atoms with Crippen LogP contribution in [0, 0.1) is 0 Å². The molecule has 118 valence electrons. The maximum atomic E-state index is 12.0. The normalized spacial score (nSPS) is 15.3. The van der Waals surface area contributed by atoms with Crippen LogP contribution < -0.4 is 10.6 Å². The van der Waals surface area contributed by atoms with Crippen LogP contribution >= 0.6 is 11.8 Å². The van der Waals surface area contributed by atoms with Gasteiger partial charge >= 0.3 is 0 Å². The molecule has 1 aliphatic rings. The predicted octanol–water partition coefficient (Wildman–Crippen LogP) is 2.76. The summed E-state index contributed by atoms with van der Waals surface area (Å²) in [6, 6.07) is 6.94. The lowest BCUT2D eigenvalue weighted by Gasteiger charge is -2.14. The van der Waals surface area contributed by atoms with Gasteiger partial charge in [0.2, 0.25) is 0 Å².